The SMILES string of the molecule is COc1ccc(-n2cc(C(=O)Nc3cccc(C(C)=O)c3)c3ccccc3c2=O)cc1. The van der Waals surface area contributed by atoms with E-state index < -0.39 is 0 Å². The molecule has 0 atom stereocenters. The summed E-state index contributed by atoms with van der Waals surface area (Å²) in [5.74, 6) is 0.203. The molecule has 0 aliphatic carbocycles. The van der Waals surface area contributed by atoms with E-state index in [0.29, 0.717) is 39.0 Å². The minimum Gasteiger partial charge on any atom is -0.497 e. The number of Topliss-reactive ketones (excluding diaryl/α,β-unsaturated/α-hetero) is 1. The van der Waals surface area contributed by atoms with Crippen molar-refractivity contribution < 1.29 is 14.3 Å². The van der Waals surface area contributed by atoms with Crippen LogP contribution in [0.4, 0.5) is 5.69 Å². The number of methoxy groups -OCH3 is 1. The minimum absolute atomic E-state index is 0.0883. The second kappa shape index (κ2) is 8.28. The average Bonchev–Trinajstić information content (AvgIpc) is 2.79. The fraction of sp³-hybridized carbons (Fsp3) is 0.0800. The molecule has 4 rings (SSSR count). The van der Waals surface area contributed by atoms with Crippen molar-refractivity contribution in [2.24, 2.45) is 0 Å². The highest BCUT2D eigenvalue weighted by atomic mass is 16.5. The van der Waals surface area contributed by atoms with Crippen molar-refractivity contribution in [3.63, 3.8) is 0 Å². The largest absolute Gasteiger partial charge is 0.497 e. The van der Waals surface area contributed by atoms with E-state index in [4.69, 9.17) is 4.74 Å². The summed E-state index contributed by atoms with van der Waals surface area (Å²) in [6.45, 7) is 1.47. The van der Waals surface area contributed by atoms with Gasteiger partial charge in [-0.1, -0.05) is 30.3 Å². The lowest BCUT2D eigenvalue weighted by Crippen LogP contribution is -2.22. The number of ether oxygens (including phenoxy) is 1. The van der Waals surface area contributed by atoms with Gasteiger partial charge in [0.1, 0.15) is 5.75 Å². The first kappa shape index (κ1) is 20.1. The Kier molecular flexibility index (Phi) is 5.37. The fourth-order valence-electron chi connectivity index (χ4n) is 3.42. The predicted molar refractivity (Wildman–Crippen MR) is 120 cm³/mol. The number of anilines is 1. The molecule has 1 N–H and O–H groups in total. The third-order valence-corrected chi connectivity index (χ3v) is 5.05. The van der Waals surface area contributed by atoms with Gasteiger partial charge in [0, 0.05) is 33.9 Å². The van der Waals surface area contributed by atoms with Crippen LogP contribution in [-0.4, -0.2) is 23.4 Å². The van der Waals surface area contributed by atoms with Crippen LogP contribution in [-0.2, 0) is 0 Å². The quantitative estimate of drug-likeness (QED) is 0.491. The van der Waals surface area contributed by atoms with Gasteiger partial charge in [-0.2, -0.15) is 0 Å². The van der Waals surface area contributed by atoms with Gasteiger partial charge in [0.25, 0.3) is 11.5 Å². The normalized spacial score (nSPS) is 10.6. The molecule has 0 aliphatic rings. The summed E-state index contributed by atoms with van der Waals surface area (Å²) in [7, 11) is 1.57. The molecule has 154 valence electrons. The molecule has 0 radical (unpaired) electrons. The molecule has 0 bridgehead atoms. The molecule has 0 saturated carbocycles. The van der Waals surface area contributed by atoms with Crippen LogP contribution in [0, 0.1) is 0 Å². The molecule has 1 aromatic heterocycles. The van der Waals surface area contributed by atoms with Crippen LogP contribution in [0.15, 0.2) is 83.8 Å². The van der Waals surface area contributed by atoms with Gasteiger partial charge >= 0.3 is 0 Å². The van der Waals surface area contributed by atoms with E-state index in [0.717, 1.165) is 0 Å². The second-order valence-electron chi connectivity index (χ2n) is 7.05. The maximum Gasteiger partial charge on any atom is 0.262 e. The van der Waals surface area contributed by atoms with Crippen molar-refractivity contribution in [2.75, 3.05) is 12.4 Å². The van der Waals surface area contributed by atoms with Crippen molar-refractivity contribution in [1.82, 2.24) is 4.57 Å². The van der Waals surface area contributed by atoms with Crippen molar-refractivity contribution in [1.29, 1.82) is 0 Å². The molecule has 1 heterocycles. The van der Waals surface area contributed by atoms with Crippen LogP contribution in [0.5, 0.6) is 5.75 Å². The van der Waals surface area contributed by atoms with E-state index in [1.165, 1.54) is 17.7 Å². The van der Waals surface area contributed by atoms with E-state index in [1.54, 1.807) is 79.9 Å². The number of amides is 1. The molecule has 31 heavy (non-hydrogen) atoms. The number of hydrogen-bond donors (Lipinski definition) is 1. The first-order valence-electron chi connectivity index (χ1n) is 9.69. The summed E-state index contributed by atoms with van der Waals surface area (Å²) in [4.78, 5) is 37.9. The Morgan fingerprint density at radius 2 is 1.61 bits per heavy atom. The molecule has 0 spiro atoms. The number of carbonyl (C=O) groups excluding carboxylic acids is 2. The highest BCUT2D eigenvalue weighted by Crippen LogP contribution is 2.21. The van der Waals surface area contributed by atoms with Crippen LogP contribution in [0.3, 0.4) is 0 Å². The van der Waals surface area contributed by atoms with Gasteiger partial charge < -0.3 is 10.1 Å². The number of rotatable bonds is 5. The van der Waals surface area contributed by atoms with E-state index in [9.17, 15) is 14.4 Å². The summed E-state index contributed by atoms with van der Waals surface area (Å²) in [5.41, 5.74) is 1.74. The Labute approximate surface area is 178 Å². The number of nitrogens with zero attached hydrogens (tertiary/aromatic N) is 1. The van der Waals surface area contributed by atoms with Gasteiger partial charge in [0.15, 0.2) is 5.78 Å². The number of carbonyl (C=O) groups is 2. The van der Waals surface area contributed by atoms with Crippen LogP contribution >= 0.6 is 0 Å². The standard InChI is InChI=1S/C25H20N2O4/c1-16(28)17-6-5-7-18(14-17)26-24(29)23-15-27(19-10-12-20(31-2)13-11-19)25(30)22-9-4-3-8-21(22)23/h3-15H,1-2H3,(H,26,29). The van der Waals surface area contributed by atoms with Crippen LogP contribution in [0.2, 0.25) is 0 Å². The first-order valence-corrected chi connectivity index (χ1v) is 9.69. The van der Waals surface area contributed by atoms with Crippen LogP contribution < -0.4 is 15.6 Å². The molecule has 3 aromatic carbocycles. The highest BCUT2D eigenvalue weighted by Gasteiger charge is 2.16. The fourth-order valence-corrected chi connectivity index (χ4v) is 3.42. The minimum atomic E-state index is -0.376. The predicted octanol–water partition coefficient (Wildman–Crippen LogP) is 4.45. The second-order valence-corrected chi connectivity index (χ2v) is 7.05. The maximum absolute atomic E-state index is 13.2. The van der Waals surface area contributed by atoms with E-state index >= 15 is 0 Å². The molecular weight excluding hydrogens is 392 g/mol. The summed E-state index contributed by atoms with van der Waals surface area (Å²) in [6.07, 6.45) is 1.54. The van der Waals surface area contributed by atoms with E-state index in [1.807, 2.05) is 0 Å². The van der Waals surface area contributed by atoms with E-state index in [-0.39, 0.29) is 17.2 Å². The number of aromatic nitrogens is 1. The molecule has 6 nitrogen and oxygen atoms in total. The van der Waals surface area contributed by atoms with Crippen LogP contribution in [0.25, 0.3) is 16.5 Å². The number of fused-ring (bicyclic) bond motifs is 1. The number of hydrogen-bond acceptors (Lipinski definition) is 4. The molecule has 0 aliphatic heterocycles. The Morgan fingerprint density at radius 1 is 0.903 bits per heavy atom. The topological polar surface area (TPSA) is 77.4 Å². The molecule has 0 saturated heterocycles. The lowest BCUT2D eigenvalue weighted by atomic mass is 10.1. The number of benzene rings is 3. The first-order chi connectivity index (χ1) is 15.0. The highest BCUT2D eigenvalue weighted by molar-refractivity contribution is 6.13. The zero-order valence-corrected chi connectivity index (χ0v) is 17.1. The Bertz CT molecular complexity index is 1350. The molecule has 0 fully saturated rings. The summed E-state index contributed by atoms with van der Waals surface area (Å²) in [6, 6.07) is 20.8. The van der Waals surface area contributed by atoms with Crippen molar-refractivity contribution in [3.05, 3.63) is 100 Å². The van der Waals surface area contributed by atoms with E-state index in [2.05, 4.69) is 5.32 Å². The molecule has 4 aromatic rings. The number of nitrogens with one attached hydrogen (secondary N) is 1. The van der Waals surface area contributed by atoms with Gasteiger partial charge in [-0.05, 0) is 49.4 Å². The van der Waals surface area contributed by atoms with Crippen molar-refractivity contribution >= 4 is 28.2 Å². The molecule has 6 heteroatoms. The molecular formula is C25H20N2O4. The monoisotopic (exact) mass is 412 g/mol. The Balaban J connectivity index is 1.82. The lowest BCUT2D eigenvalue weighted by Gasteiger charge is -2.13. The van der Waals surface area contributed by atoms with Crippen molar-refractivity contribution in [2.45, 2.75) is 6.92 Å². The lowest BCUT2D eigenvalue weighted by molar-refractivity contribution is 0.101. The van der Waals surface area contributed by atoms with Gasteiger partial charge in [-0.15, -0.1) is 0 Å². The smallest absolute Gasteiger partial charge is 0.262 e. The molecule has 1 amide bonds. The van der Waals surface area contributed by atoms with Gasteiger partial charge in [0.2, 0.25) is 0 Å². The van der Waals surface area contributed by atoms with Gasteiger partial charge in [-0.3, -0.25) is 19.0 Å². The Hall–Kier alpha value is -4.19. The zero-order chi connectivity index (χ0) is 22.0. The number of pyridine rings is 1. The van der Waals surface area contributed by atoms with Gasteiger partial charge in [-0.25, -0.2) is 0 Å². The number of ketones is 1. The zero-order valence-electron chi connectivity index (χ0n) is 17.1. The van der Waals surface area contributed by atoms with Gasteiger partial charge in [0.05, 0.1) is 12.7 Å². The summed E-state index contributed by atoms with van der Waals surface area (Å²) < 4.78 is 6.63. The maximum atomic E-state index is 13.2. The third kappa shape index (κ3) is 3.96. The van der Waals surface area contributed by atoms with Crippen molar-refractivity contribution in [3.8, 4) is 11.4 Å². The Morgan fingerprint density at radius 3 is 2.29 bits per heavy atom. The summed E-state index contributed by atoms with van der Waals surface area (Å²) in [5, 5.41) is 3.82. The average molecular weight is 412 g/mol. The third-order valence-electron chi connectivity index (χ3n) is 5.05. The van der Waals surface area contributed by atoms with Crippen LogP contribution in [0.1, 0.15) is 27.6 Å². The summed E-state index contributed by atoms with van der Waals surface area (Å²) >= 11 is 0. The molecule has 0 unspecified atom stereocenters.